The van der Waals surface area contributed by atoms with Crippen LogP contribution in [-0.4, -0.2) is 17.9 Å². The number of hydrogen-bond acceptors (Lipinski definition) is 6. The third-order valence-corrected chi connectivity index (χ3v) is 5.70. The largest absolute Gasteiger partial charge is 0.548 e. The Morgan fingerprint density at radius 2 is 1.72 bits per heavy atom. The monoisotopic (exact) mass is 432 g/mol. The highest BCUT2D eigenvalue weighted by Crippen LogP contribution is 2.37. The molecule has 0 bridgehead atoms. The Bertz CT molecular complexity index is 1400. The minimum absolute atomic E-state index is 0.180. The first kappa shape index (κ1) is 21.4. The Morgan fingerprint density at radius 1 is 1.03 bits per heavy atom. The van der Waals surface area contributed by atoms with Crippen LogP contribution in [0, 0.1) is 13.8 Å². The molecule has 1 amide bonds. The van der Waals surface area contributed by atoms with Crippen molar-refractivity contribution in [1.29, 1.82) is 0 Å². The van der Waals surface area contributed by atoms with Gasteiger partial charge in [-0.3, -0.25) is 4.79 Å². The van der Waals surface area contributed by atoms with E-state index in [1.807, 2.05) is 43.3 Å². The molecule has 4 aromatic rings. The molecule has 2 aromatic carbocycles. The molecule has 164 valence electrons. The van der Waals surface area contributed by atoms with E-state index in [0.29, 0.717) is 22.1 Å². The van der Waals surface area contributed by atoms with Gasteiger partial charge in [0, 0.05) is 22.4 Å². The fourth-order valence-corrected chi connectivity index (χ4v) is 4.00. The molecule has 1 N–H and O–H groups in total. The third kappa shape index (κ3) is 3.77. The molecule has 4 rings (SSSR count). The molecule has 32 heavy (non-hydrogen) atoms. The second-order valence-corrected chi connectivity index (χ2v) is 7.76. The highest BCUT2D eigenvalue weighted by molar-refractivity contribution is 6.03. The van der Waals surface area contributed by atoms with Crippen LogP contribution in [0.2, 0.25) is 0 Å². The van der Waals surface area contributed by atoms with Gasteiger partial charge in [0.15, 0.2) is 0 Å². The summed E-state index contributed by atoms with van der Waals surface area (Å²) >= 11 is 0. The van der Waals surface area contributed by atoms with Crippen molar-refractivity contribution in [2.24, 2.45) is 0 Å². The van der Waals surface area contributed by atoms with Crippen molar-refractivity contribution in [3.63, 3.8) is 0 Å². The number of benzene rings is 2. The molecular formula is C25H22NO6-. The Hall–Kier alpha value is -3.87. The van der Waals surface area contributed by atoms with Crippen LogP contribution in [-0.2, 0) is 16.0 Å². The lowest BCUT2D eigenvalue weighted by Gasteiger charge is -2.18. The summed E-state index contributed by atoms with van der Waals surface area (Å²) in [6.07, 6.45) is -0.110. The maximum Gasteiger partial charge on any atom is 0.340 e. The molecule has 2 aromatic heterocycles. The van der Waals surface area contributed by atoms with Gasteiger partial charge in [-0.2, -0.15) is 0 Å². The lowest BCUT2D eigenvalue weighted by molar-refractivity contribution is -0.308. The average Bonchev–Trinajstić information content (AvgIpc) is 3.08. The van der Waals surface area contributed by atoms with Crippen LogP contribution < -0.4 is 16.0 Å². The van der Waals surface area contributed by atoms with Gasteiger partial charge < -0.3 is 24.1 Å². The average molecular weight is 432 g/mol. The van der Waals surface area contributed by atoms with E-state index in [-0.39, 0.29) is 18.4 Å². The minimum atomic E-state index is -1.37. The zero-order valence-corrected chi connectivity index (χ0v) is 18.0. The van der Waals surface area contributed by atoms with Crippen molar-refractivity contribution in [3.05, 3.63) is 69.8 Å². The molecule has 0 saturated carbocycles. The van der Waals surface area contributed by atoms with Gasteiger partial charge in [0.25, 0.3) is 0 Å². The van der Waals surface area contributed by atoms with Gasteiger partial charge in [-0.1, -0.05) is 37.3 Å². The van der Waals surface area contributed by atoms with Crippen molar-refractivity contribution >= 4 is 33.8 Å². The van der Waals surface area contributed by atoms with Crippen molar-refractivity contribution in [1.82, 2.24) is 5.32 Å². The minimum Gasteiger partial charge on any atom is -0.548 e. The zero-order valence-electron chi connectivity index (χ0n) is 18.0. The van der Waals surface area contributed by atoms with E-state index in [1.54, 1.807) is 19.9 Å². The maximum atomic E-state index is 12.6. The number of carboxylic acids is 1. The smallest absolute Gasteiger partial charge is 0.340 e. The number of aryl methyl sites for hydroxylation is 2. The first-order valence-corrected chi connectivity index (χ1v) is 10.3. The number of carbonyl (C=O) groups is 2. The van der Waals surface area contributed by atoms with E-state index in [1.165, 1.54) is 0 Å². The standard InChI is InChI=1S/C25H23NO6/c1-4-19(24(28)29)26-22(27)11-17-13(2)16-10-18-21(12-20(16)32-25(17)30)31-14(3)23(18)15-8-6-5-7-9-15/h5-10,12,19H,4,11H2,1-3H3,(H,26,27)(H,28,29)/p-1/t19-/m1/s1. The molecule has 2 heterocycles. The van der Waals surface area contributed by atoms with Crippen molar-refractivity contribution in [3.8, 4) is 11.1 Å². The van der Waals surface area contributed by atoms with E-state index < -0.39 is 23.5 Å². The zero-order chi connectivity index (χ0) is 23.0. The van der Waals surface area contributed by atoms with Crippen molar-refractivity contribution < 1.29 is 23.5 Å². The number of aliphatic carboxylic acids is 1. The molecule has 0 spiro atoms. The Morgan fingerprint density at radius 3 is 2.38 bits per heavy atom. The normalized spacial score (nSPS) is 12.2. The summed E-state index contributed by atoms with van der Waals surface area (Å²) in [5.41, 5.74) is 3.06. The number of rotatable bonds is 6. The lowest BCUT2D eigenvalue weighted by atomic mass is 9.98. The molecule has 1 atom stereocenters. The van der Waals surface area contributed by atoms with Crippen molar-refractivity contribution in [2.45, 2.75) is 39.7 Å². The van der Waals surface area contributed by atoms with Gasteiger partial charge in [0.05, 0.1) is 24.0 Å². The molecule has 0 unspecified atom stereocenters. The quantitative estimate of drug-likeness (QED) is 0.469. The third-order valence-electron chi connectivity index (χ3n) is 5.70. The van der Waals surface area contributed by atoms with E-state index >= 15 is 0 Å². The second kappa shape index (κ2) is 8.34. The van der Waals surface area contributed by atoms with E-state index in [2.05, 4.69) is 5.32 Å². The highest BCUT2D eigenvalue weighted by atomic mass is 16.4. The number of amides is 1. The van der Waals surface area contributed by atoms with Crippen LogP contribution in [0.5, 0.6) is 0 Å². The topological polar surface area (TPSA) is 113 Å². The SMILES string of the molecule is CC[C@@H](NC(=O)Cc1c(C)c2cc3c(-c4ccccc4)c(C)oc3cc2oc1=O)C(=O)[O-]. The predicted molar refractivity (Wildman–Crippen MR) is 118 cm³/mol. The number of carbonyl (C=O) groups excluding carboxylic acids is 2. The van der Waals surface area contributed by atoms with Crippen LogP contribution in [0.3, 0.4) is 0 Å². The number of carboxylic acid groups (broad SMARTS) is 1. The molecule has 0 radical (unpaired) electrons. The maximum absolute atomic E-state index is 12.6. The lowest BCUT2D eigenvalue weighted by Crippen LogP contribution is -2.48. The summed E-state index contributed by atoms with van der Waals surface area (Å²) in [5.74, 6) is -1.20. The van der Waals surface area contributed by atoms with Crippen LogP contribution in [0.4, 0.5) is 0 Å². The van der Waals surface area contributed by atoms with Crippen LogP contribution >= 0.6 is 0 Å². The molecule has 0 fully saturated rings. The first-order chi connectivity index (χ1) is 15.3. The molecule has 0 aliphatic rings. The summed E-state index contributed by atoms with van der Waals surface area (Å²) in [5, 5.41) is 15.0. The number of fused-ring (bicyclic) bond motifs is 2. The summed E-state index contributed by atoms with van der Waals surface area (Å²) in [7, 11) is 0. The Kier molecular flexibility index (Phi) is 5.57. The summed E-state index contributed by atoms with van der Waals surface area (Å²) in [6, 6.07) is 12.3. The van der Waals surface area contributed by atoms with Gasteiger partial charge in [-0.25, -0.2) is 4.79 Å². The molecule has 0 saturated heterocycles. The predicted octanol–water partition coefficient (Wildman–Crippen LogP) is 3.01. The van der Waals surface area contributed by atoms with Gasteiger partial charge in [-0.05, 0) is 37.5 Å². The Balaban J connectivity index is 1.81. The van der Waals surface area contributed by atoms with E-state index in [9.17, 15) is 19.5 Å². The van der Waals surface area contributed by atoms with Gasteiger partial charge >= 0.3 is 5.63 Å². The van der Waals surface area contributed by atoms with Gasteiger partial charge in [-0.15, -0.1) is 0 Å². The first-order valence-electron chi connectivity index (χ1n) is 10.3. The van der Waals surface area contributed by atoms with E-state index in [0.717, 1.165) is 22.3 Å². The van der Waals surface area contributed by atoms with Crippen LogP contribution in [0.1, 0.15) is 30.2 Å². The summed E-state index contributed by atoms with van der Waals surface area (Å²) < 4.78 is 11.4. The second-order valence-electron chi connectivity index (χ2n) is 7.76. The fourth-order valence-electron chi connectivity index (χ4n) is 4.00. The van der Waals surface area contributed by atoms with Gasteiger partial charge in [0.1, 0.15) is 16.9 Å². The highest BCUT2D eigenvalue weighted by Gasteiger charge is 2.20. The molecule has 7 heteroatoms. The summed E-state index contributed by atoms with van der Waals surface area (Å²) in [4.78, 5) is 36.1. The summed E-state index contributed by atoms with van der Waals surface area (Å²) in [6.45, 7) is 5.25. The fraction of sp³-hybridized carbons (Fsp3) is 0.240. The molecule has 0 aliphatic heterocycles. The van der Waals surface area contributed by atoms with Crippen molar-refractivity contribution in [2.75, 3.05) is 0 Å². The molecular weight excluding hydrogens is 410 g/mol. The number of nitrogens with one attached hydrogen (secondary N) is 1. The van der Waals surface area contributed by atoms with Gasteiger partial charge in [0.2, 0.25) is 5.91 Å². The van der Waals surface area contributed by atoms with Crippen LogP contribution in [0.25, 0.3) is 33.1 Å². The molecule has 0 aliphatic carbocycles. The van der Waals surface area contributed by atoms with E-state index in [4.69, 9.17) is 8.83 Å². The number of furan rings is 1. The number of hydrogen-bond donors (Lipinski definition) is 1. The van der Waals surface area contributed by atoms with Crippen LogP contribution in [0.15, 0.2) is 56.1 Å². The Labute approximate surface area is 183 Å². The molecule has 7 nitrogen and oxygen atoms in total.